The van der Waals surface area contributed by atoms with Gasteiger partial charge in [-0.25, -0.2) is 9.97 Å². The molecule has 1 saturated heterocycles. The van der Waals surface area contributed by atoms with Gasteiger partial charge in [0.1, 0.15) is 23.7 Å². The van der Waals surface area contributed by atoms with Gasteiger partial charge in [-0.1, -0.05) is 17.7 Å². The molecule has 4 N–H and O–H groups in total. The fourth-order valence-corrected chi connectivity index (χ4v) is 3.29. The summed E-state index contributed by atoms with van der Waals surface area (Å²) < 4.78 is 5.16. The third kappa shape index (κ3) is 4.12. The van der Waals surface area contributed by atoms with Crippen molar-refractivity contribution in [1.29, 1.82) is 0 Å². The molecule has 1 aromatic carbocycles. The minimum absolute atomic E-state index is 0.0955. The summed E-state index contributed by atoms with van der Waals surface area (Å²) >= 11 is 6.15. The van der Waals surface area contributed by atoms with Crippen LogP contribution in [0.25, 0.3) is 0 Å². The van der Waals surface area contributed by atoms with Gasteiger partial charge in [-0.15, -0.1) is 0 Å². The monoisotopic (exact) mass is 363 g/mol. The van der Waals surface area contributed by atoms with Gasteiger partial charge in [0.2, 0.25) is 0 Å². The molecule has 0 radical (unpaired) electrons. The Kier molecular flexibility index (Phi) is 5.57. The summed E-state index contributed by atoms with van der Waals surface area (Å²) in [7, 11) is 1.59. The molecule has 0 saturated carbocycles. The minimum Gasteiger partial charge on any atom is -0.495 e. The highest BCUT2D eigenvalue weighted by Crippen LogP contribution is 2.26. The molecule has 1 aliphatic rings. The number of aliphatic hydroxyl groups excluding tert-OH is 1. The summed E-state index contributed by atoms with van der Waals surface area (Å²) in [6.45, 7) is 1.59. The number of halogens is 1. The first-order valence-electron chi connectivity index (χ1n) is 8.13. The number of nitrogens with two attached hydrogens (primary N) is 1. The lowest BCUT2D eigenvalue weighted by atomic mass is 10.2. The van der Waals surface area contributed by atoms with E-state index in [-0.39, 0.29) is 12.1 Å². The minimum atomic E-state index is -0.374. The van der Waals surface area contributed by atoms with E-state index in [1.54, 1.807) is 7.11 Å². The standard InChI is InChI=1S/C17H22ClN5O2/c1-25-15-3-2-11(4-14(15)18)8-20-16-6-17(22-10-21-16)23-9-13(24)5-12(23)7-19/h2-4,6,10,12-13,24H,5,7-9,19H2,1H3,(H,20,21,22)/t12-,13-/m1/s1. The second-order valence-electron chi connectivity index (χ2n) is 6.02. The van der Waals surface area contributed by atoms with Gasteiger partial charge in [0.25, 0.3) is 0 Å². The average molecular weight is 364 g/mol. The van der Waals surface area contributed by atoms with Gasteiger partial charge in [0.05, 0.1) is 18.2 Å². The number of rotatable bonds is 6. The maximum absolute atomic E-state index is 9.87. The maximum Gasteiger partial charge on any atom is 0.137 e. The van der Waals surface area contributed by atoms with Crippen LogP contribution in [0, 0.1) is 0 Å². The van der Waals surface area contributed by atoms with Crippen molar-refractivity contribution in [2.24, 2.45) is 5.73 Å². The molecule has 1 aliphatic heterocycles. The van der Waals surface area contributed by atoms with Crippen LogP contribution in [0.2, 0.25) is 5.02 Å². The molecule has 0 aliphatic carbocycles. The fourth-order valence-electron chi connectivity index (χ4n) is 3.01. The number of hydrogen-bond acceptors (Lipinski definition) is 7. The van der Waals surface area contributed by atoms with Gasteiger partial charge >= 0.3 is 0 Å². The summed E-state index contributed by atoms with van der Waals surface area (Å²) in [5, 5.41) is 13.7. The number of aromatic nitrogens is 2. The molecule has 3 rings (SSSR count). The summed E-state index contributed by atoms with van der Waals surface area (Å²) in [6, 6.07) is 7.60. The normalized spacial score (nSPS) is 19.9. The number of nitrogens with zero attached hydrogens (tertiary/aromatic N) is 3. The Bertz CT molecular complexity index is 730. The van der Waals surface area contributed by atoms with E-state index >= 15 is 0 Å². The van der Waals surface area contributed by atoms with E-state index in [9.17, 15) is 5.11 Å². The smallest absolute Gasteiger partial charge is 0.137 e. The molecular weight excluding hydrogens is 342 g/mol. The van der Waals surface area contributed by atoms with Crippen molar-refractivity contribution < 1.29 is 9.84 Å². The fraction of sp³-hybridized carbons (Fsp3) is 0.412. The largest absolute Gasteiger partial charge is 0.495 e. The van der Waals surface area contributed by atoms with Crippen molar-refractivity contribution in [2.45, 2.75) is 25.1 Å². The highest BCUT2D eigenvalue weighted by Gasteiger charge is 2.30. The van der Waals surface area contributed by atoms with Gasteiger partial charge in [-0.2, -0.15) is 0 Å². The number of benzene rings is 1. The molecule has 0 spiro atoms. The molecule has 2 heterocycles. The van der Waals surface area contributed by atoms with Gasteiger partial charge < -0.3 is 25.8 Å². The second kappa shape index (κ2) is 7.86. The number of hydrogen-bond donors (Lipinski definition) is 3. The Morgan fingerprint density at radius 1 is 1.40 bits per heavy atom. The van der Waals surface area contributed by atoms with E-state index in [1.165, 1.54) is 6.33 Å². The maximum atomic E-state index is 9.87. The predicted octanol–water partition coefficient (Wildman–Crippen LogP) is 1.65. The zero-order chi connectivity index (χ0) is 17.8. The molecule has 2 atom stereocenters. The predicted molar refractivity (Wildman–Crippen MR) is 98.2 cm³/mol. The van der Waals surface area contributed by atoms with Gasteiger partial charge in [-0.05, 0) is 24.1 Å². The number of β-amino-alcohol motifs (C(OH)–C–C–N with tert-alkyl or cyclic N) is 1. The number of anilines is 2. The van der Waals surface area contributed by atoms with Crippen molar-refractivity contribution in [1.82, 2.24) is 9.97 Å². The van der Waals surface area contributed by atoms with Crippen LogP contribution in [0.3, 0.4) is 0 Å². The zero-order valence-electron chi connectivity index (χ0n) is 14.0. The average Bonchev–Trinajstić information content (AvgIpc) is 3.01. The molecule has 2 aromatic rings. The van der Waals surface area contributed by atoms with E-state index in [4.69, 9.17) is 22.1 Å². The van der Waals surface area contributed by atoms with E-state index < -0.39 is 0 Å². The Labute approximate surface area is 151 Å². The Hall–Kier alpha value is -2.09. The van der Waals surface area contributed by atoms with E-state index in [1.807, 2.05) is 29.2 Å². The molecule has 7 nitrogen and oxygen atoms in total. The van der Waals surface area contributed by atoms with Crippen molar-refractivity contribution in [3.05, 3.63) is 41.2 Å². The first-order chi connectivity index (χ1) is 12.1. The van der Waals surface area contributed by atoms with Crippen LogP contribution in [0.15, 0.2) is 30.6 Å². The topological polar surface area (TPSA) is 96.5 Å². The van der Waals surface area contributed by atoms with Crippen molar-refractivity contribution in [3.63, 3.8) is 0 Å². The van der Waals surface area contributed by atoms with Crippen LogP contribution < -0.4 is 20.7 Å². The van der Waals surface area contributed by atoms with E-state index in [0.717, 1.165) is 11.4 Å². The first-order valence-corrected chi connectivity index (χ1v) is 8.51. The zero-order valence-corrected chi connectivity index (χ0v) is 14.8. The first kappa shape index (κ1) is 17.7. The van der Waals surface area contributed by atoms with Crippen LogP contribution >= 0.6 is 11.6 Å². The molecule has 8 heteroatoms. The Morgan fingerprint density at radius 2 is 2.24 bits per heavy atom. The lowest BCUT2D eigenvalue weighted by Crippen LogP contribution is -2.36. The van der Waals surface area contributed by atoms with Crippen LogP contribution in [0.1, 0.15) is 12.0 Å². The van der Waals surface area contributed by atoms with E-state index in [0.29, 0.717) is 42.6 Å². The number of nitrogens with one attached hydrogen (secondary N) is 1. The molecular formula is C17H22ClN5O2. The lowest BCUT2D eigenvalue weighted by Gasteiger charge is -2.24. The summed E-state index contributed by atoms with van der Waals surface area (Å²) in [5.41, 5.74) is 6.82. The van der Waals surface area contributed by atoms with Gasteiger partial charge in [-0.3, -0.25) is 0 Å². The number of methoxy groups -OCH3 is 1. The van der Waals surface area contributed by atoms with Crippen LogP contribution in [-0.2, 0) is 6.54 Å². The molecule has 0 bridgehead atoms. The van der Waals surface area contributed by atoms with E-state index in [2.05, 4.69) is 15.3 Å². The van der Waals surface area contributed by atoms with Crippen LogP contribution in [0.5, 0.6) is 5.75 Å². The van der Waals surface area contributed by atoms with Gasteiger partial charge in [0.15, 0.2) is 0 Å². The lowest BCUT2D eigenvalue weighted by molar-refractivity contribution is 0.194. The summed E-state index contributed by atoms with van der Waals surface area (Å²) in [4.78, 5) is 10.6. The molecule has 134 valence electrons. The molecule has 0 unspecified atom stereocenters. The second-order valence-corrected chi connectivity index (χ2v) is 6.42. The summed E-state index contributed by atoms with van der Waals surface area (Å²) in [5.74, 6) is 2.11. The molecule has 0 amide bonds. The SMILES string of the molecule is COc1ccc(CNc2cc(N3C[C@H](O)C[C@@H]3CN)ncn2)cc1Cl. The third-order valence-electron chi connectivity index (χ3n) is 4.30. The Morgan fingerprint density at radius 3 is 2.96 bits per heavy atom. The Balaban J connectivity index is 1.69. The van der Waals surface area contributed by atoms with Crippen LogP contribution in [-0.4, -0.2) is 47.4 Å². The molecule has 1 aromatic heterocycles. The van der Waals surface area contributed by atoms with Crippen molar-refractivity contribution in [2.75, 3.05) is 30.4 Å². The molecule has 1 fully saturated rings. The van der Waals surface area contributed by atoms with Crippen molar-refractivity contribution in [3.8, 4) is 5.75 Å². The van der Waals surface area contributed by atoms with Crippen LogP contribution in [0.4, 0.5) is 11.6 Å². The number of ether oxygens (including phenoxy) is 1. The molecule has 25 heavy (non-hydrogen) atoms. The number of aliphatic hydroxyl groups is 1. The summed E-state index contributed by atoms with van der Waals surface area (Å²) in [6.07, 6.45) is 1.80. The quantitative estimate of drug-likeness (QED) is 0.718. The van der Waals surface area contributed by atoms with Crippen molar-refractivity contribution >= 4 is 23.2 Å². The van der Waals surface area contributed by atoms with Gasteiger partial charge in [0, 0.05) is 31.7 Å². The highest BCUT2D eigenvalue weighted by molar-refractivity contribution is 6.32. The highest BCUT2D eigenvalue weighted by atomic mass is 35.5. The third-order valence-corrected chi connectivity index (χ3v) is 4.60.